The van der Waals surface area contributed by atoms with Gasteiger partial charge in [-0.3, -0.25) is 9.59 Å². The van der Waals surface area contributed by atoms with Crippen LogP contribution in [-0.2, 0) is 16.0 Å². The predicted octanol–water partition coefficient (Wildman–Crippen LogP) is 1.52. The van der Waals surface area contributed by atoms with Gasteiger partial charge in [0.1, 0.15) is 0 Å². The lowest BCUT2D eigenvalue weighted by molar-refractivity contribution is -0.129. The Morgan fingerprint density at radius 3 is 2.69 bits per heavy atom. The summed E-state index contributed by atoms with van der Waals surface area (Å²) < 4.78 is 0. The molecule has 2 amide bonds. The highest BCUT2D eigenvalue weighted by atomic mass is 16.2. The Hall–Kier alpha value is -2.77. The molecule has 0 radical (unpaired) electrons. The van der Waals surface area contributed by atoms with Gasteiger partial charge in [0.15, 0.2) is 5.82 Å². The van der Waals surface area contributed by atoms with Gasteiger partial charge in [-0.05, 0) is 30.5 Å². The van der Waals surface area contributed by atoms with Gasteiger partial charge in [0.25, 0.3) is 0 Å². The summed E-state index contributed by atoms with van der Waals surface area (Å²) in [5.74, 6) is 0.401. The van der Waals surface area contributed by atoms with Crippen LogP contribution in [0.1, 0.15) is 43.5 Å². The molecule has 1 saturated carbocycles. The second-order valence-electron chi connectivity index (χ2n) is 7.08. The number of aromatic nitrogens is 4. The third kappa shape index (κ3) is 3.58. The Morgan fingerprint density at radius 1 is 1.23 bits per heavy atom. The maximum Gasteiger partial charge on any atom is 0.229 e. The lowest BCUT2D eigenvalue weighted by Crippen LogP contribution is -2.35. The zero-order valence-corrected chi connectivity index (χ0v) is 14.5. The third-order valence-corrected chi connectivity index (χ3v) is 5.27. The molecular formula is C18H22N6O2. The molecule has 2 aliphatic rings. The largest absolute Gasteiger partial charge is 0.339 e. The first-order valence-corrected chi connectivity index (χ1v) is 9.10. The number of likely N-dealkylation sites (tertiary alicyclic amines) is 1. The number of H-pyrrole nitrogens is 1. The first kappa shape index (κ1) is 16.7. The van der Waals surface area contributed by atoms with Crippen molar-refractivity contribution in [2.75, 3.05) is 11.9 Å². The molecule has 1 unspecified atom stereocenters. The first-order chi connectivity index (χ1) is 12.7. The van der Waals surface area contributed by atoms with E-state index in [9.17, 15) is 9.59 Å². The lowest BCUT2D eigenvalue weighted by atomic mass is 10.1. The summed E-state index contributed by atoms with van der Waals surface area (Å²) in [7, 11) is 0. The van der Waals surface area contributed by atoms with Crippen molar-refractivity contribution in [2.45, 2.75) is 44.6 Å². The van der Waals surface area contributed by atoms with E-state index in [1.54, 1.807) is 0 Å². The molecular weight excluding hydrogens is 332 g/mol. The van der Waals surface area contributed by atoms with Crippen molar-refractivity contribution in [2.24, 2.45) is 5.92 Å². The van der Waals surface area contributed by atoms with E-state index < -0.39 is 0 Å². The molecule has 8 heteroatoms. The summed E-state index contributed by atoms with van der Waals surface area (Å²) >= 11 is 0. The van der Waals surface area contributed by atoms with Crippen molar-refractivity contribution in [1.82, 2.24) is 25.5 Å². The van der Waals surface area contributed by atoms with E-state index in [2.05, 4.69) is 25.9 Å². The Balaban J connectivity index is 1.33. The fraction of sp³-hybridized carbons (Fsp3) is 0.500. The number of aromatic amines is 1. The molecule has 0 bridgehead atoms. The molecule has 2 N–H and O–H groups in total. The van der Waals surface area contributed by atoms with Crippen molar-refractivity contribution >= 4 is 17.5 Å². The van der Waals surface area contributed by atoms with Gasteiger partial charge in [0.05, 0.1) is 5.92 Å². The summed E-state index contributed by atoms with van der Waals surface area (Å²) in [6.45, 7) is 0.547. The van der Waals surface area contributed by atoms with Gasteiger partial charge in [-0.2, -0.15) is 5.21 Å². The van der Waals surface area contributed by atoms with Crippen molar-refractivity contribution in [3.8, 4) is 0 Å². The van der Waals surface area contributed by atoms with Crippen LogP contribution in [0, 0.1) is 5.92 Å². The molecule has 8 nitrogen and oxygen atoms in total. The Kier molecular flexibility index (Phi) is 4.64. The van der Waals surface area contributed by atoms with Crippen LogP contribution >= 0.6 is 0 Å². The zero-order valence-electron chi connectivity index (χ0n) is 14.5. The molecule has 1 aromatic heterocycles. The topological polar surface area (TPSA) is 104 Å². The average Bonchev–Trinajstić information content (AvgIpc) is 3.38. The van der Waals surface area contributed by atoms with E-state index in [1.165, 1.54) is 12.8 Å². The molecule has 4 rings (SSSR count). The van der Waals surface area contributed by atoms with E-state index in [0.29, 0.717) is 31.3 Å². The first-order valence-electron chi connectivity index (χ1n) is 9.10. The number of tetrazole rings is 1. The average molecular weight is 354 g/mol. The van der Waals surface area contributed by atoms with Gasteiger partial charge >= 0.3 is 0 Å². The van der Waals surface area contributed by atoms with Gasteiger partial charge in [-0.1, -0.05) is 30.2 Å². The molecule has 2 heterocycles. The molecule has 1 saturated heterocycles. The van der Waals surface area contributed by atoms with Crippen LogP contribution in [0.25, 0.3) is 0 Å². The minimum Gasteiger partial charge on any atom is -0.339 e. The van der Waals surface area contributed by atoms with Crippen molar-refractivity contribution < 1.29 is 9.59 Å². The smallest absolute Gasteiger partial charge is 0.229 e. The second-order valence-corrected chi connectivity index (χ2v) is 7.08. The summed E-state index contributed by atoms with van der Waals surface area (Å²) in [5.41, 5.74) is 1.77. The van der Waals surface area contributed by atoms with Crippen LogP contribution < -0.4 is 5.32 Å². The molecule has 1 atom stereocenters. The van der Waals surface area contributed by atoms with Crippen LogP contribution in [0.4, 0.5) is 5.69 Å². The summed E-state index contributed by atoms with van der Waals surface area (Å²) in [6, 6.07) is 7.91. The lowest BCUT2D eigenvalue weighted by Gasteiger charge is -2.23. The molecule has 1 aliphatic carbocycles. The maximum absolute atomic E-state index is 12.5. The van der Waals surface area contributed by atoms with Crippen LogP contribution in [0.2, 0.25) is 0 Å². The quantitative estimate of drug-likeness (QED) is 0.847. The van der Waals surface area contributed by atoms with E-state index in [1.807, 2.05) is 29.2 Å². The summed E-state index contributed by atoms with van der Waals surface area (Å²) in [6.07, 6.45) is 5.41. The van der Waals surface area contributed by atoms with Gasteiger partial charge in [0, 0.05) is 31.1 Å². The number of hydrogen-bond acceptors (Lipinski definition) is 5. The normalized spacial score (nSPS) is 20.7. The van der Waals surface area contributed by atoms with Crippen molar-refractivity contribution in [1.29, 1.82) is 0 Å². The second kappa shape index (κ2) is 7.23. The molecule has 2 aromatic rings. The molecule has 1 aliphatic heterocycles. The zero-order chi connectivity index (χ0) is 17.9. The number of amides is 2. The number of benzene rings is 1. The van der Waals surface area contributed by atoms with Gasteiger partial charge in [0.2, 0.25) is 11.8 Å². The summed E-state index contributed by atoms with van der Waals surface area (Å²) in [5, 5.41) is 16.8. The molecule has 1 aromatic carbocycles. The fourth-order valence-corrected chi connectivity index (χ4v) is 3.87. The van der Waals surface area contributed by atoms with E-state index >= 15 is 0 Å². The van der Waals surface area contributed by atoms with Crippen LogP contribution in [0.3, 0.4) is 0 Å². The molecule has 136 valence electrons. The fourth-order valence-electron chi connectivity index (χ4n) is 3.87. The van der Waals surface area contributed by atoms with E-state index in [0.717, 1.165) is 24.1 Å². The molecule has 26 heavy (non-hydrogen) atoms. The number of nitrogens with zero attached hydrogens (tertiary/aromatic N) is 4. The van der Waals surface area contributed by atoms with Crippen molar-refractivity contribution in [3.05, 3.63) is 35.7 Å². The Morgan fingerprint density at radius 2 is 2.00 bits per heavy atom. The standard InChI is InChI=1S/C18H22N6O2/c25-17-10-13(11-24(17)15-3-1-2-4-15)18(26)19-14-7-5-12(6-8-14)9-16-20-22-23-21-16/h5-8,13,15H,1-4,9-11H2,(H,19,26)(H,20,21,22,23). The Bertz CT molecular complexity index is 767. The number of anilines is 1. The SMILES string of the molecule is O=C(Nc1ccc(Cc2nn[nH]n2)cc1)C1CC(=O)N(C2CCCC2)C1. The number of hydrogen-bond donors (Lipinski definition) is 2. The highest BCUT2D eigenvalue weighted by Gasteiger charge is 2.38. The third-order valence-electron chi connectivity index (χ3n) is 5.27. The van der Waals surface area contributed by atoms with Crippen LogP contribution in [0.15, 0.2) is 24.3 Å². The minimum atomic E-state index is -0.262. The molecule has 0 spiro atoms. The Labute approximate surface area is 151 Å². The number of carbonyl (C=O) groups excluding carboxylic acids is 2. The summed E-state index contributed by atoms with van der Waals surface area (Å²) in [4.78, 5) is 26.7. The predicted molar refractivity (Wildman–Crippen MR) is 94.1 cm³/mol. The van der Waals surface area contributed by atoms with Crippen LogP contribution in [-0.4, -0.2) is 49.9 Å². The van der Waals surface area contributed by atoms with Crippen molar-refractivity contribution in [3.63, 3.8) is 0 Å². The van der Waals surface area contributed by atoms with Gasteiger partial charge in [-0.15, -0.1) is 10.2 Å². The van der Waals surface area contributed by atoms with E-state index in [-0.39, 0.29) is 17.7 Å². The van der Waals surface area contributed by atoms with Gasteiger partial charge in [-0.25, -0.2) is 0 Å². The highest BCUT2D eigenvalue weighted by molar-refractivity contribution is 5.97. The maximum atomic E-state index is 12.5. The van der Waals surface area contributed by atoms with Gasteiger partial charge < -0.3 is 10.2 Å². The number of carbonyl (C=O) groups is 2. The number of rotatable bonds is 5. The minimum absolute atomic E-state index is 0.0789. The highest BCUT2D eigenvalue weighted by Crippen LogP contribution is 2.30. The monoisotopic (exact) mass is 354 g/mol. The molecule has 2 fully saturated rings. The van der Waals surface area contributed by atoms with E-state index in [4.69, 9.17) is 0 Å². The number of nitrogens with one attached hydrogen (secondary N) is 2. The van der Waals surface area contributed by atoms with Crippen LogP contribution in [0.5, 0.6) is 0 Å².